The van der Waals surface area contributed by atoms with Crippen LogP contribution in [0.25, 0.3) is 0 Å². The average molecular weight is 192 g/mol. The highest BCUT2D eigenvalue weighted by Gasteiger charge is 2.11. The highest BCUT2D eigenvalue weighted by atomic mass is 16.5. The van der Waals surface area contributed by atoms with Gasteiger partial charge in [-0.3, -0.25) is 9.59 Å². The highest BCUT2D eigenvalue weighted by Crippen LogP contribution is 2.21. The van der Waals surface area contributed by atoms with Crippen LogP contribution in [0.15, 0.2) is 12.1 Å². The molecule has 0 fully saturated rings. The van der Waals surface area contributed by atoms with Crippen LogP contribution in [0.4, 0.5) is 0 Å². The maximum absolute atomic E-state index is 11.2. The van der Waals surface area contributed by atoms with Crippen molar-refractivity contribution in [3.8, 4) is 5.75 Å². The number of aldehydes is 1. The van der Waals surface area contributed by atoms with E-state index in [0.29, 0.717) is 23.2 Å². The number of aryl methyl sites for hydroxylation is 1. The van der Waals surface area contributed by atoms with Gasteiger partial charge in [-0.05, 0) is 31.5 Å². The number of benzene rings is 1. The summed E-state index contributed by atoms with van der Waals surface area (Å²) >= 11 is 0. The summed E-state index contributed by atoms with van der Waals surface area (Å²) in [7, 11) is 1.53. The number of methoxy groups -OCH3 is 1. The van der Waals surface area contributed by atoms with E-state index >= 15 is 0 Å². The van der Waals surface area contributed by atoms with Gasteiger partial charge in [0.1, 0.15) is 5.75 Å². The van der Waals surface area contributed by atoms with Gasteiger partial charge in [0.2, 0.25) is 0 Å². The van der Waals surface area contributed by atoms with Crippen molar-refractivity contribution in [2.24, 2.45) is 0 Å². The van der Waals surface area contributed by atoms with Crippen LogP contribution in [0.1, 0.15) is 33.2 Å². The molecule has 0 unspecified atom stereocenters. The predicted octanol–water partition coefficient (Wildman–Crippen LogP) is 2.02. The largest absolute Gasteiger partial charge is 0.497 e. The molecular formula is C11H12O3. The Hall–Kier alpha value is -1.64. The molecule has 0 aromatic heterocycles. The third kappa shape index (κ3) is 1.82. The van der Waals surface area contributed by atoms with Gasteiger partial charge in [-0.1, -0.05) is 0 Å². The van der Waals surface area contributed by atoms with Gasteiger partial charge in [-0.15, -0.1) is 0 Å². The first-order valence-corrected chi connectivity index (χ1v) is 4.25. The summed E-state index contributed by atoms with van der Waals surface area (Å²) in [5.41, 5.74) is 1.61. The van der Waals surface area contributed by atoms with Gasteiger partial charge in [-0.2, -0.15) is 0 Å². The molecule has 0 amide bonds. The molecule has 0 saturated heterocycles. The third-order valence-corrected chi connectivity index (χ3v) is 2.09. The molecule has 3 nitrogen and oxygen atoms in total. The van der Waals surface area contributed by atoms with E-state index in [0.717, 1.165) is 5.56 Å². The van der Waals surface area contributed by atoms with Crippen LogP contribution >= 0.6 is 0 Å². The van der Waals surface area contributed by atoms with Crippen molar-refractivity contribution in [2.75, 3.05) is 7.11 Å². The lowest BCUT2D eigenvalue weighted by atomic mass is 10.00. The van der Waals surface area contributed by atoms with Crippen LogP contribution in [0.2, 0.25) is 0 Å². The van der Waals surface area contributed by atoms with Crippen molar-refractivity contribution in [3.05, 3.63) is 28.8 Å². The van der Waals surface area contributed by atoms with E-state index in [9.17, 15) is 9.59 Å². The van der Waals surface area contributed by atoms with Crippen molar-refractivity contribution in [1.82, 2.24) is 0 Å². The van der Waals surface area contributed by atoms with Crippen molar-refractivity contribution in [3.63, 3.8) is 0 Å². The summed E-state index contributed by atoms with van der Waals surface area (Å²) in [6.45, 7) is 3.21. The normalized spacial score (nSPS) is 9.64. The molecule has 0 aliphatic heterocycles. The summed E-state index contributed by atoms with van der Waals surface area (Å²) in [4.78, 5) is 22.0. The van der Waals surface area contributed by atoms with Crippen molar-refractivity contribution in [1.29, 1.82) is 0 Å². The van der Waals surface area contributed by atoms with Crippen LogP contribution in [0, 0.1) is 6.92 Å². The van der Waals surface area contributed by atoms with Crippen LogP contribution in [-0.4, -0.2) is 19.2 Å². The Kier molecular flexibility index (Phi) is 3.02. The van der Waals surface area contributed by atoms with Crippen molar-refractivity contribution in [2.45, 2.75) is 13.8 Å². The fourth-order valence-electron chi connectivity index (χ4n) is 1.33. The molecule has 14 heavy (non-hydrogen) atoms. The number of hydrogen-bond donors (Lipinski definition) is 0. The van der Waals surface area contributed by atoms with Crippen LogP contribution in [0.5, 0.6) is 5.75 Å². The number of hydrogen-bond acceptors (Lipinski definition) is 3. The first-order chi connectivity index (χ1) is 6.60. The fraction of sp³-hybridized carbons (Fsp3) is 0.273. The zero-order valence-electron chi connectivity index (χ0n) is 8.46. The van der Waals surface area contributed by atoms with Gasteiger partial charge in [0.25, 0.3) is 0 Å². The van der Waals surface area contributed by atoms with E-state index in [1.165, 1.54) is 14.0 Å². The van der Waals surface area contributed by atoms with E-state index in [1.807, 2.05) is 0 Å². The van der Waals surface area contributed by atoms with Gasteiger partial charge in [0, 0.05) is 11.1 Å². The number of rotatable bonds is 3. The number of carbonyl (C=O) groups excluding carboxylic acids is 2. The Balaban J connectivity index is 3.43. The molecule has 0 bridgehead atoms. The predicted molar refractivity (Wildman–Crippen MR) is 53.1 cm³/mol. The molecule has 0 radical (unpaired) electrons. The molecular weight excluding hydrogens is 180 g/mol. The lowest BCUT2D eigenvalue weighted by Crippen LogP contribution is -2.02. The first-order valence-electron chi connectivity index (χ1n) is 4.25. The number of carbonyl (C=O) groups is 2. The second kappa shape index (κ2) is 4.05. The molecule has 1 aromatic carbocycles. The Labute approximate surface area is 82.7 Å². The van der Waals surface area contributed by atoms with E-state index in [1.54, 1.807) is 19.1 Å². The Morgan fingerprint density at radius 3 is 2.50 bits per heavy atom. The van der Waals surface area contributed by atoms with Gasteiger partial charge < -0.3 is 4.74 Å². The molecule has 0 atom stereocenters. The summed E-state index contributed by atoms with van der Waals surface area (Å²) in [5.74, 6) is 0.465. The quantitative estimate of drug-likeness (QED) is 0.543. The zero-order valence-corrected chi connectivity index (χ0v) is 8.46. The maximum atomic E-state index is 11.2. The van der Waals surface area contributed by atoms with Gasteiger partial charge in [0.15, 0.2) is 12.1 Å². The van der Waals surface area contributed by atoms with Crippen molar-refractivity contribution < 1.29 is 14.3 Å². The molecule has 3 heteroatoms. The number of ketones is 1. The maximum Gasteiger partial charge on any atom is 0.160 e. The highest BCUT2D eigenvalue weighted by molar-refractivity contribution is 6.02. The summed E-state index contributed by atoms with van der Waals surface area (Å²) < 4.78 is 5.02. The minimum Gasteiger partial charge on any atom is -0.497 e. The molecule has 0 aliphatic carbocycles. The van der Waals surface area contributed by atoms with E-state index in [-0.39, 0.29) is 5.78 Å². The monoisotopic (exact) mass is 192 g/mol. The van der Waals surface area contributed by atoms with E-state index in [4.69, 9.17) is 4.74 Å². The minimum absolute atomic E-state index is 0.130. The lowest BCUT2D eigenvalue weighted by molar-refractivity contribution is 0.100. The fourth-order valence-corrected chi connectivity index (χ4v) is 1.33. The molecule has 0 saturated carbocycles. The standard InChI is InChI=1S/C11H12O3/c1-7-4-9(14-3)5-10(8(2)13)11(7)6-12/h4-6H,1-3H3. The van der Waals surface area contributed by atoms with Gasteiger partial charge >= 0.3 is 0 Å². The molecule has 0 N–H and O–H groups in total. The van der Waals surface area contributed by atoms with Crippen molar-refractivity contribution >= 4 is 12.1 Å². The summed E-state index contributed by atoms with van der Waals surface area (Å²) in [5, 5.41) is 0. The summed E-state index contributed by atoms with van der Waals surface area (Å²) in [6, 6.07) is 3.31. The Morgan fingerprint density at radius 2 is 2.07 bits per heavy atom. The first kappa shape index (κ1) is 10.4. The number of ether oxygens (including phenoxy) is 1. The second-order valence-corrected chi connectivity index (χ2v) is 3.08. The topological polar surface area (TPSA) is 43.4 Å². The molecule has 0 spiro atoms. The van der Waals surface area contributed by atoms with E-state index in [2.05, 4.69) is 0 Å². The lowest BCUT2D eigenvalue weighted by Gasteiger charge is -2.07. The van der Waals surface area contributed by atoms with Crippen LogP contribution in [-0.2, 0) is 0 Å². The van der Waals surface area contributed by atoms with Gasteiger partial charge in [0.05, 0.1) is 7.11 Å². The zero-order chi connectivity index (χ0) is 10.7. The van der Waals surface area contributed by atoms with Crippen LogP contribution < -0.4 is 4.74 Å². The molecule has 1 rings (SSSR count). The second-order valence-electron chi connectivity index (χ2n) is 3.08. The van der Waals surface area contributed by atoms with Crippen LogP contribution in [0.3, 0.4) is 0 Å². The Bertz CT molecular complexity index is 380. The van der Waals surface area contributed by atoms with Gasteiger partial charge in [-0.25, -0.2) is 0 Å². The number of Topliss-reactive ketones (excluding diaryl/α,β-unsaturated/α-hetero) is 1. The third-order valence-electron chi connectivity index (χ3n) is 2.09. The molecule has 74 valence electrons. The SMILES string of the molecule is COc1cc(C)c(C=O)c(C(C)=O)c1. The smallest absolute Gasteiger partial charge is 0.160 e. The molecule has 0 aliphatic rings. The molecule has 0 heterocycles. The van der Waals surface area contributed by atoms with E-state index < -0.39 is 0 Å². The molecule has 1 aromatic rings. The Morgan fingerprint density at radius 1 is 1.43 bits per heavy atom. The minimum atomic E-state index is -0.130. The average Bonchev–Trinajstić information content (AvgIpc) is 2.16. The summed E-state index contributed by atoms with van der Waals surface area (Å²) in [6.07, 6.45) is 0.700.